The number of nitrogens with one attached hydrogen (secondary N) is 1. The molecule has 0 aliphatic carbocycles. The zero-order chi connectivity index (χ0) is 21.0. The maximum absolute atomic E-state index is 12.4. The molecule has 3 rings (SSSR count). The van der Waals surface area contributed by atoms with Crippen molar-refractivity contribution in [1.82, 2.24) is 19.7 Å². The average Bonchev–Trinajstić information content (AvgIpc) is 3.23. The van der Waals surface area contributed by atoms with Gasteiger partial charge in [0.1, 0.15) is 18.3 Å². The van der Waals surface area contributed by atoms with Gasteiger partial charge in [-0.3, -0.25) is 19.8 Å². The van der Waals surface area contributed by atoms with Gasteiger partial charge in [-0.25, -0.2) is 9.67 Å². The Bertz CT molecular complexity index is 1000. The second-order valence-electron chi connectivity index (χ2n) is 6.85. The fourth-order valence-corrected chi connectivity index (χ4v) is 2.95. The Kier molecular flexibility index (Phi) is 5.99. The standard InChI is InChI=1S/C20H22N6O3/c1-14-4-9-18(19(10-14)26(28)29)23-20(27)11-24(3)15(2)16-5-7-17(8-6-16)25-13-21-12-22-25/h4-10,12-13,15H,11H2,1-3H3,(H,23,27)/t15-/m1/s1. The number of nitro groups is 1. The molecule has 0 aliphatic heterocycles. The molecule has 3 aromatic rings. The molecule has 9 nitrogen and oxygen atoms in total. The number of rotatable bonds is 7. The first-order valence-corrected chi connectivity index (χ1v) is 9.05. The number of amides is 1. The zero-order valence-corrected chi connectivity index (χ0v) is 16.4. The maximum Gasteiger partial charge on any atom is 0.293 e. The van der Waals surface area contributed by atoms with Gasteiger partial charge in [0.15, 0.2) is 0 Å². The van der Waals surface area contributed by atoms with E-state index in [0.29, 0.717) is 0 Å². The lowest BCUT2D eigenvalue weighted by molar-refractivity contribution is -0.384. The van der Waals surface area contributed by atoms with Crippen LogP contribution in [0, 0.1) is 17.0 Å². The minimum Gasteiger partial charge on any atom is -0.319 e. The molecule has 0 unspecified atom stereocenters. The molecule has 0 bridgehead atoms. The minimum atomic E-state index is -0.494. The van der Waals surface area contributed by atoms with E-state index < -0.39 is 4.92 Å². The highest BCUT2D eigenvalue weighted by atomic mass is 16.6. The van der Waals surface area contributed by atoms with Crippen molar-refractivity contribution in [1.29, 1.82) is 0 Å². The molecular formula is C20H22N6O3. The monoisotopic (exact) mass is 394 g/mol. The van der Waals surface area contributed by atoms with Gasteiger partial charge in [0.05, 0.1) is 17.2 Å². The summed E-state index contributed by atoms with van der Waals surface area (Å²) < 4.78 is 1.67. The Morgan fingerprint density at radius 1 is 1.28 bits per heavy atom. The van der Waals surface area contributed by atoms with Crippen molar-refractivity contribution in [3.05, 3.63) is 76.4 Å². The number of aromatic nitrogens is 3. The van der Waals surface area contributed by atoms with Gasteiger partial charge < -0.3 is 5.32 Å². The van der Waals surface area contributed by atoms with Crippen molar-refractivity contribution in [2.45, 2.75) is 19.9 Å². The second-order valence-corrected chi connectivity index (χ2v) is 6.85. The highest BCUT2D eigenvalue weighted by molar-refractivity contribution is 5.94. The predicted octanol–water partition coefficient (Wildman–Crippen LogP) is 3.12. The van der Waals surface area contributed by atoms with Crippen LogP contribution in [0.1, 0.15) is 24.1 Å². The summed E-state index contributed by atoms with van der Waals surface area (Å²) in [5, 5.41) is 18.0. The second kappa shape index (κ2) is 8.61. The lowest BCUT2D eigenvalue weighted by Crippen LogP contribution is -2.32. The first kappa shape index (κ1) is 20.2. The van der Waals surface area contributed by atoms with Crippen LogP contribution >= 0.6 is 0 Å². The number of aryl methyl sites for hydroxylation is 1. The number of carbonyl (C=O) groups excluding carboxylic acids is 1. The number of anilines is 1. The van der Waals surface area contributed by atoms with Gasteiger partial charge in [-0.15, -0.1) is 0 Å². The van der Waals surface area contributed by atoms with E-state index in [4.69, 9.17) is 0 Å². The lowest BCUT2D eigenvalue weighted by Gasteiger charge is -2.24. The van der Waals surface area contributed by atoms with Gasteiger partial charge in [-0.05, 0) is 50.2 Å². The third-order valence-electron chi connectivity index (χ3n) is 4.74. The van der Waals surface area contributed by atoms with E-state index in [0.717, 1.165) is 16.8 Å². The van der Waals surface area contributed by atoms with Crippen LogP contribution in [0.3, 0.4) is 0 Å². The summed E-state index contributed by atoms with van der Waals surface area (Å²) in [6.45, 7) is 3.85. The molecule has 9 heteroatoms. The third-order valence-corrected chi connectivity index (χ3v) is 4.74. The highest BCUT2D eigenvalue weighted by Gasteiger charge is 2.19. The van der Waals surface area contributed by atoms with Crippen LogP contribution in [0.15, 0.2) is 55.1 Å². The van der Waals surface area contributed by atoms with Crippen molar-refractivity contribution in [2.75, 3.05) is 18.9 Å². The Balaban J connectivity index is 1.64. The summed E-state index contributed by atoms with van der Waals surface area (Å²) in [5.41, 5.74) is 2.77. The number of nitro benzene ring substituents is 1. The smallest absolute Gasteiger partial charge is 0.293 e. The van der Waals surface area contributed by atoms with Gasteiger partial charge in [0, 0.05) is 12.1 Å². The Labute approximate surface area is 168 Å². The SMILES string of the molecule is Cc1ccc(NC(=O)CN(C)[C@H](C)c2ccc(-n3cncn3)cc2)c([N+](=O)[O-])c1. The van der Waals surface area contributed by atoms with E-state index >= 15 is 0 Å². The number of hydrogen-bond donors (Lipinski definition) is 1. The predicted molar refractivity (Wildman–Crippen MR) is 109 cm³/mol. The topological polar surface area (TPSA) is 106 Å². The van der Waals surface area contributed by atoms with Crippen LogP contribution in [-0.4, -0.2) is 44.1 Å². The molecule has 29 heavy (non-hydrogen) atoms. The zero-order valence-electron chi connectivity index (χ0n) is 16.4. The molecule has 0 spiro atoms. The number of nitrogens with zero attached hydrogens (tertiary/aromatic N) is 5. The molecule has 0 fully saturated rings. The molecule has 150 valence electrons. The molecule has 1 aromatic heterocycles. The Morgan fingerprint density at radius 3 is 2.62 bits per heavy atom. The molecule has 0 saturated carbocycles. The Morgan fingerprint density at radius 2 is 2.00 bits per heavy atom. The van der Waals surface area contributed by atoms with Crippen molar-refractivity contribution in [3.8, 4) is 5.69 Å². The molecule has 1 atom stereocenters. The molecule has 2 aromatic carbocycles. The normalized spacial score (nSPS) is 12.0. The number of carbonyl (C=O) groups is 1. The highest BCUT2D eigenvalue weighted by Crippen LogP contribution is 2.26. The minimum absolute atomic E-state index is 0.0291. The molecule has 1 amide bonds. The van der Waals surface area contributed by atoms with Crippen molar-refractivity contribution >= 4 is 17.3 Å². The summed E-state index contributed by atoms with van der Waals surface area (Å²) in [7, 11) is 1.83. The van der Waals surface area contributed by atoms with E-state index in [1.165, 1.54) is 12.4 Å². The number of likely N-dealkylation sites (N-methyl/N-ethyl adjacent to an activating group) is 1. The summed E-state index contributed by atoms with van der Waals surface area (Å²) in [6, 6.07) is 12.5. The summed E-state index contributed by atoms with van der Waals surface area (Å²) >= 11 is 0. The van der Waals surface area contributed by atoms with Crippen LogP contribution in [-0.2, 0) is 4.79 Å². The first-order chi connectivity index (χ1) is 13.8. The lowest BCUT2D eigenvalue weighted by atomic mass is 10.1. The van der Waals surface area contributed by atoms with E-state index in [1.54, 1.807) is 30.1 Å². The van der Waals surface area contributed by atoms with Gasteiger partial charge in [0.25, 0.3) is 5.69 Å². The van der Waals surface area contributed by atoms with Gasteiger partial charge >= 0.3 is 0 Å². The fourth-order valence-electron chi connectivity index (χ4n) is 2.95. The van der Waals surface area contributed by atoms with Gasteiger partial charge in [0.2, 0.25) is 5.91 Å². The largest absolute Gasteiger partial charge is 0.319 e. The fraction of sp³-hybridized carbons (Fsp3) is 0.250. The van der Waals surface area contributed by atoms with Crippen molar-refractivity contribution in [3.63, 3.8) is 0 Å². The van der Waals surface area contributed by atoms with E-state index in [-0.39, 0.29) is 29.9 Å². The number of benzene rings is 2. The molecule has 1 heterocycles. The van der Waals surface area contributed by atoms with Crippen molar-refractivity contribution < 1.29 is 9.72 Å². The molecule has 1 N–H and O–H groups in total. The number of hydrogen-bond acceptors (Lipinski definition) is 6. The third kappa shape index (κ3) is 4.82. The van der Waals surface area contributed by atoms with Crippen LogP contribution in [0.25, 0.3) is 5.69 Å². The molecule has 0 radical (unpaired) electrons. The Hall–Kier alpha value is -3.59. The summed E-state index contributed by atoms with van der Waals surface area (Å²) in [4.78, 5) is 29.0. The van der Waals surface area contributed by atoms with Crippen LogP contribution in [0.5, 0.6) is 0 Å². The van der Waals surface area contributed by atoms with Crippen molar-refractivity contribution in [2.24, 2.45) is 0 Å². The van der Waals surface area contributed by atoms with Gasteiger partial charge in [-0.2, -0.15) is 5.10 Å². The molecule has 0 aliphatic rings. The molecule has 0 saturated heterocycles. The summed E-state index contributed by atoms with van der Waals surface area (Å²) in [6.07, 6.45) is 3.10. The van der Waals surface area contributed by atoms with E-state index in [9.17, 15) is 14.9 Å². The van der Waals surface area contributed by atoms with E-state index in [2.05, 4.69) is 15.4 Å². The van der Waals surface area contributed by atoms with Crippen LogP contribution < -0.4 is 5.32 Å². The maximum atomic E-state index is 12.4. The molecular weight excluding hydrogens is 372 g/mol. The summed E-state index contributed by atoms with van der Waals surface area (Å²) in [5.74, 6) is -0.314. The van der Waals surface area contributed by atoms with E-state index in [1.807, 2.05) is 43.1 Å². The average molecular weight is 394 g/mol. The quantitative estimate of drug-likeness (QED) is 0.487. The first-order valence-electron chi connectivity index (χ1n) is 9.05. The van der Waals surface area contributed by atoms with Crippen LogP contribution in [0.2, 0.25) is 0 Å². The van der Waals surface area contributed by atoms with Gasteiger partial charge in [-0.1, -0.05) is 18.2 Å². The van der Waals surface area contributed by atoms with Crippen LogP contribution in [0.4, 0.5) is 11.4 Å².